The van der Waals surface area contributed by atoms with Crippen LogP contribution in [0.25, 0.3) is 0 Å². The molecule has 0 N–H and O–H groups in total. The van der Waals surface area contributed by atoms with E-state index in [0.717, 1.165) is 25.1 Å². The first-order valence-corrected chi connectivity index (χ1v) is 6.62. The SMILES string of the molecule is CC(=O)C1=CCCN(Sc2ccc(C)cc2)C1. The smallest absolute Gasteiger partial charge is 0.156 e. The molecule has 0 aromatic heterocycles. The van der Waals surface area contributed by atoms with Crippen molar-refractivity contribution in [2.24, 2.45) is 0 Å². The van der Waals surface area contributed by atoms with Gasteiger partial charge in [-0.2, -0.15) is 0 Å². The zero-order valence-corrected chi connectivity index (χ0v) is 11.1. The maximum Gasteiger partial charge on any atom is 0.156 e. The molecule has 0 spiro atoms. The van der Waals surface area contributed by atoms with Crippen LogP contribution in [0, 0.1) is 6.92 Å². The summed E-state index contributed by atoms with van der Waals surface area (Å²) in [5, 5.41) is 0. The van der Waals surface area contributed by atoms with Crippen LogP contribution in [0.5, 0.6) is 0 Å². The monoisotopic (exact) mass is 247 g/mol. The second-order valence-corrected chi connectivity index (χ2v) is 5.51. The summed E-state index contributed by atoms with van der Waals surface area (Å²) in [5.41, 5.74) is 2.22. The fourth-order valence-electron chi connectivity index (χ4n) is 1.80. The molecule has 1 aliphatic rings. The highest BCUT2D eigenvalue weighted by molar-refractivity contribution is 7.97. The number of nitrogens with zero attached hydrogens (tertiary/aromatic N) is 1. The van der Waals surface area contributed by atoms with Gasteiger partial charge in [0, 0.05) is 23.6 Å². The Hall–Kier alpha value is -1.06. The standard InChI is InChI=1S/C14H17NOS/c1-11-5-7-14(8-6-11)17-15-9-3-4-13(10-15)12(2)16/h4-8H,3,9-10H2,1-2H3. The molecule has 2 rings (SSSR count). The van der Waals surface area contributed by atoms with E-state index in [-0.39, 0.29) is 5.78 Å². The predicted molar refractivity (Wildman–Crippen MR) is 72.0 cm³/mol. The zero-order valence-electron chi connectivity index (χ0n) is 10.3. The van der Waals surface area contributed by atoms with E-state index >= 15 is 0 Å². The van der Waals surface area contributed by atoms with Gasteiger partial charge < -0.3 is 0 Å². The van der Waals surface area contributed by atoms with Crippen LogP contribution in [0.4, 0.5) is 0 Å². The van der Waals surface area contributed by atoms with Gasteiger partial charge in [-0.3, -0.25) is 4.79 Å². The van der Waals surface area contributed by atoms with Crippen molar-refractivity contribution in [3.63, 3.8) is 0 Å². The molecule has 90 valence electrons. The maximum atomic E-state index is 11.3. The minimum absolute atomic E-state index is 0.194. The Labute approximate surface area is 107 Å². The molecule has 3 heteroatoms. The molecule has 1 aromatic carbocycles. The number of carbonyl (C=O) groups excluding carboxylic acids is 1. The van der Waals surface area contributed by atoms with Crippen LogP contribution >= 0.6 is 11.9 Å². The minimum atomic E-state index is 0.194. The van der Waals surface area contributed by atoms with Crippen LogP contribution in [0.2, 0.25) is 0 Å². The van der Waals surface area contributed by atoms with Gasteiger partial charge in [0.15, 0.2) is 5.78 Å². The van der Waals surface area contributed by atoms with Crippen LogP contribution in [0.15, 0.2) is 40.8 Å². The van der Waals surface area contributed by atoms with Crippen molar-refractivity contribution in [2.45, 2.75) is 25.2 Å². The van der Waals surface area contributed by atoms with Crippen molar-refractivity contribution in [1.29, 1.82) is 0 Å². The third kappa shape index (κ3) is 3.45. The van der Waals surface area contributed by atoms with Crippen molar-refractivity contribution >= 4 is 17.7 Å². The fraction of sp³-hybridized carbons (Fsp3) is 0.357. The minimum Gasteiger partial charge on any atom is -0.295 e. The first kappa shape index (κ1) is 12.4. The summed E-state index contributed by atoms with van der Waals surface area (Å²) in [4.78, 5) is 12.6. The lowest BCUT2D eigenvalue weighted by Gasteiger charge is -2.25. The van der Waals surface area contributed by atoms with Crippen molar-refractivity contribution in [3.8, 4) is 0 Å². The van der Waals surface area contributed by atoms with Gasteiger partial charge in [-0.25, -0.2) is 4.31 Å². The molecule has 1 aromatic rings. The van der Waals surface area contributed by atoms with E-state index in [1.165, 1.54) is 10.5 Å². The highest BCUT2D eigenvalue weighted by Crippen LogP contribution is 2.26. The highest BCUT2D eigenvalue weighted by atomic mass is 32.2. The van der Waals surface area contributed by atoms with Gasteiger partial charge in [0.05, 0.1) is 0 Å². The second-order valence-electron chi connectivity index (χ2n) is 4.34. The molecule has 1 aliphatic heterocycles. The van der Waals surface area contributed by atoms with Gasteiger partial charge in [0.25, 0.3) is 0 Å². The number of ketones is 1. The molecule has 0 aliphatic carbocycles. The summed E-state index contributed by atoms with van der Waals surface area (Å²) in [6.45, 7) is 5.50. The van der Waals surface area contributed by atoms with Crippen molar-refractivity contribution in [2.75, 3.05) is 13.1 Å². The number of Topliss-reactive ketones (excluding diaryl/α,β-unsaturated/α-hetero) is 1. The number of carbonyl (C=O) groups is 1. The summed E-state index contributed by atoms with van der Waals surface area (Å²) in [6, 6.07) is 8.50. The Kier molecular flexibility index (Phi) is 4.02. The lowest BCUT2D eigenvalue weighted by atomic mass is 10.1. The normalized spacial score (nSPS) is 16.7. The number of hydrogen-bond acceptors (Lipinski definition) is 3. The van der Waals surface area contributed by atoms with E-state index < -0.39 is 0 Å². The van der Waals surface area contributed by atoms with Gasteiger partial charge in [-0.15, -0.1) is 0 Å². The average molecular weight is 247 g/mol. The van der Waals surface area contributed by atoms with E-state index in [9.17, 15) is 4.79 Å². The Morgan fingerprint density at radius 2 is 2.00 bits per heavy atom. The molecular weight excluding hydrogens is 230 g/mol. The van der Waals surface area contributed by atoms with Crippen LogP contribution < -0.4 is 0 Å². The Balaban J connectivity index is 1.99. The van der Waals surface area contributed by atoms with Crippen LogP contribution in [-0.2, 0) is 4.79 Å². The molecule has 0 radical (unpaired) electrons. The molecule has 0 saturated heterocycles. The largest absolute Gasteiger partial charge is 0.295 e. The Morgan fingerprint density at radius 1 is 1.29 bits per heavy atom. The molecule has 0 saturated carbocycles. The van der Waals surface area contributed by atoms with Crippen LogP contribution in [0.1, 0.15) is 18.9 Å². The van der Waals surface area contributed by atoms with Gasteiger partial charge in [0.2, 0.25) is 0 Å². The van der Waals surface area contributed by atoms with E-state index in [2.05, 4.69) is 41.6 Å². The molecule has 17 heavy (non-hydrogen) atoms. The van der Waals surface area contributed by atoms with E-state index in [0.29, 0.717) is 0 Å². The first-order valence-electron chi connectivity index (χ1n) is 5.85. The zero-order chi connectivity index (χ0) is 12.3. The van der Waals surface area contributed by atoms with Gasteiger partial charge in [0.1, 0.15) is 0 Å². The summed E-state index contributed by atoms with van der Waals surface area (Å²) >= 11 is 1.73. The third-order valence-corrected chi connectivity index (χ3v) is 3.88. The summed E-state index contributed by atoms with van der Waals surface area (Å²) in [7, 11) is 0. The number of hydrogen-bond donors (Lipinski definition) is 0. The maximum absolute atomic E-state index is 11.3. The van der Waals surface area contributed by atoms with E-state index in [4.69, 9.17) is 0 Å². The summed E-state index contributed by atoms with van der Waals surface area (Å²) in [5.74, 6) is 0.194. The number of rotatable bonds is 3. The molecule has 2 nitrogen and oxygen atoms in total. The van der Waals surface area contributed by atoms with Crippen molar-refractivity contribution in [3.05, 3.63) is 41.5 Å². The van der Waals surface area contributed by atoms with E-state index in [1.54, 1.807) is 18.9 Å². The molecule has 0 amide bonds. The highest BCUT2D eigenvalue weighted by Gasteiger charge is 2.16. The molecular formula is C14H17NOS. The Bertz CT molecular complexity index is 436. The topological polar surface area (TPSA) is 20.3 Å². The lowest BCUT2D eigenvalue weighted by molar-refractivity contribution is -0.113. The molecule has 0 fully saturated rings. The van der Waals surface area contributed by atoms with Crippen molar-refractivity contribution < 1.29 is 4.79 Å². The van der Waals surface area contributed by atoms with Gasteiger partial charge >= 0.3 is 0 Å². The van der Waals surface area contributed by atoms with Crippen LogP contribution in [0.3, 0.4) is 0 Å². The predicted octanol–water partition coefficient (Wildman–Crippen LogP) is 3.22. The molecule has 0 bridgehead atoms. The number of benzene rings is 1. The molecule has 0 atom stereocenters. The van der Waals surface area contributed by atoms with Crippen LogP contribution in [-0.4, -0.2) is 23.2 Å². The number of aryl methyl sites for hydroxylation is 1. The average Bonchev–Trinajstić information content (AvgIpc) is 2.32. The van der Waals surface area contributed by atoms with Gasteiger partial charge in [-0.1, -0.05) is 23.8 Å². The summed E-state index contributed by atoms with van der Waals surface area (Å²) in [6.07, 6.45) is 3.03. The fourth-order valence-corrected chi connectivity index (χ4v) is 2.75. The summed E-state index contributed by atoms with van der Waals surface area (Å²) < 4.78 is 2.25. The second kappa shape index (κ2) is 5.52. The van der Waals surface area contributed by atoms with Gasteiger partial charge in [-0.05, 0) is 44.3 Å². The lowest BCUT2D eigenvalue weighted by Crippen LogP contribution is -2.25. The molecule has 0 unspecified atom stereocenters. The van der Waals surface area contributed by atoms with E-state index in [1.807, 2.05) is 0 Å². The molecule has 1 heterocycles. The first-order chi connectivity index (χ1) is 8.15. The quantitative estimate of drug-likeness (QED) is 0.765. The van der Waals surface area contributed by atoms with Crippen molar-refractivity contribution in [1.82, 2.24) is 4.31 Å². The third-order valence-electron chi connectivity index (χ3n) is 2.82. The Morgan fingerprint density at radius 3 is 2.65 bits per heavy atom.